The molecule has 0 amide bonds. The van der Waals surface area contributed by atoms with E-state index in [2.05, 4.69) is 44.5 Å². The third-order valence-electron chi connectivity index (χ3n) is 4.25. The summed E-state index contributed by atoms with van der Waals surface area (Å²) in [5.41, 5.74) is 0. The number of hydrogen-bond acceptors (Lipinski definition) is 5. The number of anilines is 1. The molecule has 2 fully saturated rings. The zero-order valence-electron chi connectivity index (χ0n) is 10.6. The van der Waals surface area contributed by atoms with Crippen molar-refractivity contribution in [2.24, 2.45) is 11.8 Å². The molecule has 102 valence electrons. The maximum Gasteiger partial charge on any atom is 0.214 e. The van der Waals surface area contributed by atoms with Crippen molar-refractivity contribution in [1.29, 1.82) is 0 Å². The summed E-state index contributed by atoms with van der Waals surface area (Å²) in [5, 5.41) is 5.75. The van der Waals surface area contributed by atoms with Gasteiger partial charge in [-0.3, -0.25) is 0 Å². The normalized spacial score (nSPS) is 31.1. The van der Waals surface area contributed by atoms with E-state index in [0.717, 1.165) is 39.4 Å². The zero-order valence-corrected chi connectivity index (χ0v) is 13.6. The van der Waals surface area contributed by atoms with Gasteiger partial charge in [-0.1, -0.05) is 18.3 Å². The van der Waals surface area contributed by atoms with Crippen molar-refractivity contribution in [2.45, 2.75) is 19.4 Å². The van der Waals surface area contributed by atoms with Gasteiger partial charge >= 0.3 is 0 Å². The minimum Gasteiger partial charge on any atom is -0.376 e. The summed E-state index contributed by atoms with van der Waals surface area (Å²) in [6, 6.07) is 0. The van der Waals surface area contributed by atoms with Crippen LogP contribution in [0.25, 0.3) is 4.96 Å². The second kappa shape index (κ2) is 4.56. The number of rotatable bonds is 1. The van der Waals surface area contributed by atoms with Crippen LogP contribution in [0.15, 0.2) is 6.20 Å². The van der Waals surface area contributed by atoms with E-state index in [4.69, 9.17) is 4.74 Å². The lowest BCUT2D eigenvalue weighted by Gasteiger charge is -2.30. The van der Waals surface area contributed by atoms with Crippen LogP contribution in [0, 0.1) is 15.5 Å². The molecule has 0 bridgehead atoms. The van der Waals surface area contributed by atoms with Gasteiger partial charge in [0.2, 0.25) is 10.1 Å². The Labute approximate surface area is 129 Å². The molecule has 2 aromatic heterocycles. The van der Waals surface area contributed by atoms with Crippen molar-refractivity contribution >= 4 is 44.0 Å². The fourth-order valence-corrected chi connectivity index (χ4v) is 4.62. The molecule has 0 saturated carbocycles. The van der Waals surface area contributed by atoms with E-state index < -0.39 is 0 Å². The van der Waals surface area contributed by atoms with Crippen LogP contribution in [-0.4, -0.2) is 40.4 Å². The average Bonchev–Trinajstić information content (AvgIpc) is 3.05. The third kappa shape index (κ3) is 1.97. The van der Waals surface area contributed by atoms with E-state index in [9.17, 15) is 0 Å². The molecular weight excluding hydrogens is 375 g/mol. The number of aromatic nitrogens is 3. The molecule has 0 radical (unpaired) electrons. The molecule has 0 aromatic carbocycles. The Morgan fingerprint density at radius 3 is 3.16 bits per heavy atom. The standard InChI is InChI=1S/C12H15IN4OS/c1-7-2-3-18-9-6-16(5-8(7)9)12-15-17-10(13)4-14-11(17)19-12/h4,7-9H,2-3,5-6H2,1H3/t7-,8+,9?/m0/s1. The molecule has 2 aromatic rings. The highest BCUT2D eigenvalue weighted by Crippen LogP contribution is 2.36. The fourth-order valence-electron chi connectivity index (χ4n) is 3.08. The van der Waals surface area contributed by atoms with Crippen LogP contribution in [0.2, 0.25) is 0 Å². The highest BCUT2D eigenvalue weighted by molar-refractivity contribution is 14.1. The molecule has 19 heavy (non-hydrogen) atoms. The highest BCUT2D eigenvalue weighted by Gasteiger charge is 2.40. The quantitative estimate of drug-likeness (QED) is 0.701. The van der Waals surface area contributed by atoms with Crippen LogP contribution < -0.4 is 4.90 Å². The first kappa shape index (κ1) is 12.3. The first-order valence-electron chi connectivity index (χ1n) is 6.59. The van der Waals surface area contributed by atoms with Crippen LogP contribution >= 0.6 is 33.9 Å². The van der Waals surface area contributed by atoms with Gasteiger partial charge in [0, 0.05) is 25.6 Å². The molecule has 4 rings (SSSR count). The van der Waals surface area contributed by atoms with Gasteiger partial charge in [-0.2, -0.15) is 4.52 Å². The predicted molar refractivity (Wildman–Crippen MR) is 82.8 cm³/mol. The van der Waals surface area contributed by atoms with Gasteiger partial charge in [-0.15, -0.1) is 5.10 Å². The van der Waals surface area contributed by atoms with E-state index in [1.807, 2.05) is 10.7 Å². The molecule has 2 aliphatic rings. The smallest absolute Gasteiger partial charge is 0.214 e. The Morgan fingerprint density at radius 1 is 1.47 bits per heavy atom. The summed E-state index contributed by atoms with van der Waals surface area (Å²) in [4.78, 5) is 7.71. The minimum atomic E-state index is 0.388. The van der Waals surface area contributed by atoms with E-state index in [0.29, 0.717) is 12.0 Å². The Bertz CT molecular complexity index is 612. The SMILES string of the molecule is C[C@H]1CCOC2CN(c3nn4c(I)cnc4s3)C[C@@H]21. The summed E-state index contributed by atoms with van der Waals surface area (Å²) >= 11 is 3.94. The maximum absolute atomic E-state index is 5.91. The molecule has 3 atom stereocenters. The molecule has 0 N–H and O–H groups in total. The molecule has 0 spiro atoms. The first-order chi connectivity index (χ1) is 9.22. The van der Waals surface area contributed by atoms with Crippen molar-refractivity contribution in [1.82, 2.24) is 14.6 Å². The van der Waals surface area contributed by atoms with Crippen molar-refractivity contribution in [3.63, 3.8) is 0 Å². The number of nitrogens with zero attached hydrogens (tertiary/aromatic N) is 4. The molecule has 2 aliphatic heterocycles. The van der Waals surface area contributed by atoms with Crippen molar-refractivity contribution in [2.75, 3.05) is 24.6 Å². The summed E-state index contributed by atoms with van der Waals surface area (Å²) < 4.78 is 8.90. The number of hydrogen-bond donors (Lipinski definition) is 0. The lowest BCUT2D eigenvalue weighted by atomic mass is 9.87. The van der Waals surface area contributed by atoms with Crippen LogP contribution in [0.5, 0.6) is 0 Å². The Morgan fingerprint density at radius 2 is 2.37 bits per heavy atom. The van der Waals surface area contributed by atoms with E-state index in [1.54, 1.807) is 11.3 Å². The van der Waals surface area contributed by atoms with Crippen LogP contribution in [0.4, 0.5) is 5.13 Å². The number of halogens is 1. The van der Waals surface area contributed by atoms with Gasteiger partial charge in [-0.25, -0.2) is 4.98 Å². The van der Waals surface area contributed by atoms with Crippen molar-refractivity contribution < 1.29 is 4.74 Å². The summed E-state index contributed by atoms with van der Waals surface area (Å²) in [5.74, 6) is 1.41. The van der Waals surface area contributed by atoms with E-state index in [-0.39, 0.29) is 0 Å². The highest BCUT2D eigenvalue weighted by atomic mass is 127. The molecule has 1 unspecified atom stereocenters. The Balaban J connectivity index is 1.62. The van der Waals surface area contributed by atoms with Gasteiger partial charge in [0.25, 0.3) is 0 Å². The van der Waals surface area contributed by atoms with Gasteiger partial charge in [0.05, 0.1) is 12.3 Å². The first-order valence-corrected chi connectivity index (χ1v) is 8.48. The van der Waals surface area contributed by atoms with Crippen LogP contribution in [-0.2, 0) is 4.74 Å². The predicted octanol–water partition coefficient (Wildman–Crippen LogP) is 2.26. The minimum absolute atomic E-state index is 0.388. The van der Waals surface area contributed by atoms with Gasteiger partial charge in [0.1, 0.15) is 3.70 Å². The van der Waals surface area contributed by atoms with Crippen LogP contribution in [0.3, 0.4) is 0 Å². The third-order valence-corrected chi connectivity index (χ3v) is 5.97. The Hall–Kier alpha value is -0.410. The lowest BCUT2D eigenvalue weighted by Crippen LogP contribution is -2.33. The summed E-state index contributed by atoms with van der Waals surface area (Å²) in [6.07, 6.45) is 3.44. The second-order valence-electron chi connectivity index (χ2n) is 5.40. The van der Waals surface area contributed by atoms with Gasteiger partial charge < -0.3 is 9.64 Å². The molecular formula is C12H15IN4OS. The zero-order chi connectivity index (χ0) is 13.0. The lowest BCUT2D eigenvalue weighted by molar-refractivity contribution is -0.0251. The van der Waals surface area contributed by atoms with E-state index >= 15 is 0 Å². The largest absolute Gasteiger partial charge is 0.376 e. The molecule has 2 saturated heterocycles. The average molecular weight is 390 g/mol. The summed E-state index contributed by atoms with van der Waals surface area (Å²) in [7, 11) is 0. The fraction of sp³-hybridized carbons (Fsp3) is 0.667. The number of fused-ring (bicyclic) bond motifs is 2. The summed E-state index contributed by atoms with van der Waals surface area (Å²) in [6.45, 7) is 5.30. The maximum atomic E-state index is 5.91. The molecule has 0 aliphatic carbocycles. The number of imidazole rings is 1. The molecule has 4 heterocycles. The second-order valence-corrected chi connectivity index (χ2v) is 7.44. The number of ether oxygens (including phenoxy) is 1. The Kier molecular flexibility index (Phi) is 2.96. The topological polar surface area (TPSA) is 42.7 Å². The van der Waals surface area contributed by atoms with Gasteiger partial charge in [0.15, 0.2) is 0 Å². The van der Waals surface area contributed by atoms with Crippen LogP contribution in [0.1, 0.15) is 13.3 Å². The molecule has 5 nitrogen and oxygen atoms in total. The van der Waals surface area contributed by atoms with Crippen molar-refractivity contribution in [3.8, 4) is 0 Å². The van der Waals surface area contributed by atoms with E-state index in [1.165, 1.54) is 6.42 Å². The van der Waals surface area contributed by atoms with Gasteiger partial charge in [-0.05, 0) is 34.9 Å². The molecule has 7 heteroatoms. The van der Waals surface area contributed by atoms with Crippen molar-refractivity contribution in [3.05, 3.63) is 9.90 Å². The monoisotopic (exact) mass is 390 g/mol.